The molecule has 0 N–H and O–H groups in total. The lowest BCUT2D eigenvalue weighted by Crippen LogP contribution is -2.13. The molecule has 0 saturated heterocycles. The lowest BCUT2D eigenvalue weighted by atomic mass is 9.90. The SMILES string of the molecule is C=CC1=C(c2ccc(F)cc2)CCN=C1C1CC1. The second kappa shape index (κ2) is 4.52. The summed E-state index contributed by atoms with van der Waals surface area (Å²) in [5.41, 5.74) is 4.76. The van der Waals surface area contributed by atoms with Crippen LogP contribution < -0.4 is 0 Å². The Morgan fingerprint density at radius 1 is 1.22 bits per heavy atom. The van der Waals surface area contributed by atoms with Crippen molar-refractivity contribution in [2.45, 2.75) is 19.3 Å². The van der Waals surface area contributed by atoms with Crippen molar-refractivity contribution in [3.8, 4) is 0 Å². The highest BCUT2D eigenvalue weighted by Gasteiger charge is 2.31. The Kier molecular flexibility index (Phi) is 2.86. The highest BCUT2D eigenvalue weighted by atomic mass is 19.1. The molecule has 1 aromatic rings. The molecular formula is C16H16FN. The molecule has 3 rings (SSSR count). The zero-order chi connectivity index (χ0) is 12.5. The number of nitrogens with zero attached hydrogens (tertiary/aromatic N) is 1. The quantitative estimate of drug-likeness (QED) is 0.758. The zero-order valence-electron chi connectivity index (χ0n) is 10.3. The molecule has 0 atom stereocenters. The first kappa shape index (κ1) is 11.4. The topological polar surface area (TPSA) is 12.4 Å². The molecule has 0 radical (unpaired) electrons. The van der Waals surface area contributed by atoms with E-state index in [4.69, 9.17) is 0 Å². The number of halogens is 1. The normalized spacial score (nSPS) is 19.7. The third-order valence-electron chi connectivity index (χ3n) is 3.61. The van der Waals surface area contributed by atoms with Crippen molar-refractivity contribution in [2.75, 3.05) is 6.54 Å². The third-order valence-corrected chi connectivity index (χ3v) is 3.61. The summed E-state index contributed by atoms with van der Waals surface area (Å²) in [6.07, 6.45) is 5.32. The predicted octanol–water partition coefficient (Wildman–Crippen LogP) is 4.02. The lowest BCUT2D eigenvalue weighted by molar-refractivity contribution is 0.627. The van der Waals surface area contributed by atoms with E-state index in [9.17, 15) is 4.39 Å². The number of benzene rings is 1. The molecule has 0 bridgehead atoms. The minimum Gasteiger partial charge on any atom is -0.288 e. The molecule has 0 amide bonds. The van der Waals surface area contributed by atoms with Crippen LogP contribution in [0.5, 0.6) is 0 Å². The van der Waals surface area contributed by atoms with E-state index in [1.54, 1.807) is 0 Å². The van der Waals surface area contributed by atoms with E-state index in [1.807, 2.05) is 18.2 Å². The van der Waals surface area contributed by atoms with Crippen LogP contribution >= 0.6 is 0 Å². The Labute approximate surface area is 107 Å². The second-order valence-corrected chi connectivity index (χ2v) is 4.89. The van der Waals surface area contributed by atoms with Gasteiger partial charge in [0.1, 0.15) is 5.82 Å². The van der Waals surface area contributed by atoms with E-state index in [0.29, 0.717) is 5.92 Å². The molecule has 0 unspecified atom stereocenters. The summed E-state index contributed by atoms with van der Waals surface area (Å²) in [5.74, 6) is 0.445. The molecule has 0 spiro atoms. The van der Waals surface area contributed by atoms with Gasteiger partial charge in [-0.05, 0) is 48.1 Å². The van der Waals surface area contributed by atoms with Crippen LogP contribution in [0, 0.1) is 11.7 Å². The van der Waals surface area contributed by atoms with Gasteiger partial charge in [-0.1, -0.05) is 24.8 Å². The summed E-state index contributed by atoms with van der Waals surface area (Å²) in [4.78, 5) is 4.65. The Morgan fingerprint density at radius 3 is 2.56 bits per heavy atom. The fourth-order valence-electron chi connectivity index (χ4n) is 2.55. The van der Waals surface area contributed by atoms with Crippen LogP contribution in [0.15, 0.2) is 47.5 Å². The van der Waals surface area contributed by atoms with E-state index in [2.05, 4.69) is 11.6 Å². The lowest BCUT2D eigenvalue weighted by Gasteiger charge is -2.19. The van der Waals surface area contributed by atoms with Crippen LogP contribution in [0.4, 0.5) is 4.39 Å². The molecule has 2 heteroatoms. The Morgan fingerprint density at radius 2 is 1.94 bits per heavy atom. The summed E-state index contributed by atoms with van der Waals surface area (Å²) in [6.45, 7) is 4.77. The van der Waals surface area contributed by atoms with Gasteiger partial charge in [0.25, 0.3) is 0 Å². The molecule has 1 heterocycles. The van der Waals surface area contributed by atoms with Crippen LogP contribution in [0.2, 0.25) is 0 Å². The van der Waals surface area contributed by atoms with Crippen LogP contribution in [0.25, 0.3) is 5.57 Å². The largest absolute Gasteiger partial charge is 0.288 e. The summed E-state index contributed by atoms with van der Waals surface area (Å²) in [6, 6.07) is 6.74. The smallest absolute Gasteiger partial charge is 0.123 e. The van der Waals surface area contributed by atoms with Crippen molar-refractivity contribution in [3.05, 3.63) is 53.9 Å². The first-order chi connectivity index (χ1) is 8.79. The summed E-state index contributed by atoms with van der Waals surface area (Å²) in [7, 11) is 0. The molecule has 18 heavy (non-hydrogen) atoms. The predicted molar refractivity (Wildman–Crippen MR) is 73.2 cm³/mol. The molecule has 1 nitrogen and oxygen atoms in total. The van der Waals surface area contributed by atoms with Crippen LogP contribution in [-0.4, -0.2) is 12.3 Å². The third kappa shape index (κ3) is 2.03. The number of aliphatic imine (C=N–C) groups is 1. The average Bonchev–Trinajstić information content (AvgIpc) is 3.23. The number of hydrogen-bond acceptors (Lipinski definition) is 1. The van der Waals surface area contributed by atoms with Crippen molar-refractivity contribution in [1.29, 1.82) is 0 Å². The van der Waals surface area contributed by atoms with Crippen molar-refractivity contribution in [3.63, 3.8) is 0 Å². The summed E-state index contributed by atoms with van der Waals surface area (Å²) < 4.78 is 13.0. The van der Waals surface area contributed by atoms with Gasteiger partial charge in [-0.25, -0.2) is 4.39 Å². The van der Waals surface area contributed by atoms with Gasteiger partial charge >= 0.3 is 0 Å². The molecule has 1 aromatic carbocycles. The molecule has 92 valence electrons. The van der Waals surface area contributed by atoms with E-state index in [1.165, 1.54) is 41.8 Å². The van der Waals surface area contributed by atoms with Gasteiger partial charge in [-0.3, -0.25) is 4.99 Å². The number of dihydropyridines is 1. The maximum absolute atomic E-state index is 13.0. The van der Waals surface area contributed by atoms with Crippen LogP contribution in [0.3, 0.4) is 0 Å². The summed E-state index contributed by atoms with van der Waals surface area (Å²) in [5, 5.41) is 0. The fourth-order valence-corrected chi connectivity index (χ4v) is 2.55. The fraction of sp³-hybridized carbons (Fsp3) is 0.312. The zero-order valence-corrected chi connectivity index (χ0v) is 10.3. The Bertz CT molecular complexity index is 533. The maximum Gasteiger partial charge on any atom is 0.123 e. The monoisotopic (exact) mass is 241 g/mol. The molecule has 0 aromatic heterocycles. The molecule has 1 aliphatic heterocycles. The highest BCUT2D eigenvalue weighted by Crippen LogP contribution is 2.38. The van der Waals surface area contributed by atoms with E-state index < -0.39 is 0 Å². The molecule has 1 fully saturated rings. The van der Waals surface area contributed by atoms with E-state index in [-0.39, 0.29) is 5.82 Å². The number of hydrogen-bond donors (Lipinski definition) is 0. The van der Waals surface area contributed by atoms with Crippen molar-refractivity contribution < 1.29 is 4.39 Å². The van der Waals surface area contributed by atoms with E-state index in [0.717, 1.165) is 18.5 Å². The minimum atomic E-state index is -0.189. The first-order valence-electron chi connectivity index (χ1n) is 6.46. The van der Waals surface area contributed by atoms with Gasteiger partial charge in [-0.2, -0.15) is 0 Å². The Balaban J connectivity index is 2.04. The minimum absolute atomic E-state index is 0.189. The molecule has 1 saturated carbocycles. The van der Waals surface area contributed by atoms with Gasteiger partial charge in [0.2, 0.25) is 0 Å². The average molecular weight is 241 g/mol. The van der Waals surface area contributed by atoms with Gasteiger partial charge in [-0.15, -0.1) is 0 Å². The number of allylic oxidation sites excluding steroid dienone is 2. The van der Waals surface area contributed by atoms with Gasteiger partial charge < -0.3 is 0 Å². The molecule has 1 aliphatic carbocycles. The molecular weight excluding hydrogens is 225 g/mol. The highest BCUT2D eigenvalue weighted by molar-refractivity contribution is 6.11. The van der Waals surface area contributed by atoms with Crippen molar-refractivity contribution in [2.24, 2.45) is 10.9 Å². The van der Waals surface area contributed by atoms with Gasteiger partial charge in [0.05, 0.1) is 0 Å². The van der Waals surface area contributed by atoms with Gasteiger partial charge in [0, 0.05) is 18.2 Å². The van der Waals surface area contributed by atoms with Crippen LogP contribution in [-0.2, 0) is 0 Å². The van der Waals surface area contributed by atoms with Crippen molar-refractivity contribution >= 4 is 11.3 Å². The van der Waals surface area contributed by atoms with Crippen molar-refractivity contribution in [1.82, 2.24) is 0 Å². The maximum atomic E-state index is 13.0. The number of rotatable bonds is 3. The standard InChI is InChI=1S/C16H16FN/c1-2-14-15(11-5-7-13(17)8-6-11)9-10-18-16(14)12-3-4-12/h2,5-8,12H,1,3-4,9-10H2. The Hall–Kier alpha value is -1.70. The van der Waals surface area contributed by atoms with E-state index >= 15 is 0 Å². The van der Waals surface area contributed by atoms with Gasteiger partial charge in [0.15, 0.2) is 0 Å². The first-order valence-corrected chi connectivity index (χ1v) is 6.46. The molecule has 2 aliphatic rings. The summed E-state index contributed by atoms with van der Waals surface area (Å²) >= 11 is 0. The van der Waals surface area contributed by atoms with Crippen LogP contribution in [0.1, 0.15) is 24.8 Å². The second-order valence-electron chi connectivity index (χ2n) is 4.89.